The van der Waals surface area contributed by atoms with Crippen LogP contribution in [0.5, 0.6) is 5.75 Å². The summed E-state index contributed by atoms with van der Waals surface area (Å²) in [6.07, 6.45) is 0.745. The van der Waals surface area contributed by atoms with Crippen molar-refractivity contribution in [2.24, 2.45) is 5.16 Å². The highest BCUT2D eigenvalue weighted by Crippen LogP contribution is 2.21. The van der Waals surface area contributed by atoms with Gasteiger partial charge in [0.25, 0.3) is 0 Å². The number of rotatable bonds is 10. The Bertz CT molecular complexity index is 1060. The van der Waals surface area contributed by atoms with Crippen molar-refractivity contribution in [2.75, 3.05) is 13.2 Å². The number of carboxylic acid groups (broad SMARTS) is 1. The van der Waals surface area contributed by atoms with E-state index in [1.165, 1.54) is 30.3 Å². The van der Waals surface area contributed by atoms with Crippen molar-refractivity contribution in [3.63, 3.8) is 0 Å². The minimum absolute atomic E-state index is 0.0134. The van der Waals surface area contributed by atoms with Crippen LogP contribution in [-0.4, -0.2) is 40.3 Å². The van der Waals surface area contributed by atoms with Crippen LogP contribution in [0, 0.1) is 5.82 Å². The molecule has 162 valence electrons. The van der Waals surface area contributed by atoms with E-state index in [0.29, 0.717) is 29.1 Å². The first-order valence-corrected chi connectivity index (χ1v) is 9.53. The predicted molar refractivity (Wildman–Crippen MR) is 109 cm³/mol. The van der Waals surface area contributed by atoms with Gasteiger partial charge in [0, 0.05) is 11.6 Å². The summed E-state index contributed by atoms with van der Waals surface area (Å²) in [5, 5.41) is 26.6. The quantitative estimate of drug-likeness (QED) is 0.286. The fraction of sp³-hybridized carbons (Fsp3) is 0.227. The third kappa shape index (κ3) is 5.89. The molecule has 0 unspecified atom stereocenters. The molecule has 1 heterocycles. The van der Waals surface area contributed by atoms with Crippen molar-refractivity contribution in [3.8, 4) is 17.0 Å². The highest BCUT2D eigenvalue weighted by Gasteiger charge is 2.16. The van der Waals surface area contributed by atoms with E-state index < -0.39 is 5.97 Å². The summed E-state index contributed by atoms with van der Waals surface area (Å²) in [4.78, 5) is 16.5. The van der Waals surface area contributed by atoms with E-state index in [1.807, 2.05) is 6.92 Å². The summed E-state index contributed by atoms with van der Waals surface area (Å²) < 4.78 is 24.2. The smallest absolute Gasteiger partial charge is 0.335 e. The molecule has 0 radical (unpaired) electrons. The number of aliphatic hydroxyl groups excluding tert-OH is 1. The van der Waals surface area contributed by atoms with E-state index in [4.69, 9.17) is 14.1 Å². The fourth-order valence-corrected chi connectivity index (χ4v) is 2.64. The Morgan fingerprint density at radius 3 is 2.65 bits per heavy atom. The molecular weight excluding hydrogens is 407 g/mol. The fourth-order valence-electron chi connectivity index (χ4n) is 2.64. The number of hydrogen-bond acceptors (Lipinski definition) is 7. The first-order valence-electron chi connectivity index (χ1n) is 9.53. The second-order valence-corrected chi connectivity index (χ2v) is 6.57. The summed E-state index contributed by atoms with van der Waals surface area (Å²) in [6.45, 7) is 1.88. The topological polar surface area (TPSA) is 114 Å². The molecule has 0 saturated heterocycles. The van der Waals surface area contributed by atoms with Crippen LogP contribution in [0.2, 0.25) is 0 Å². The third-order valence-corrected chi connectivity index (χ3v) is 4.18. The molecule has 1 aromatic heterocycles. The molecule has 31 heavy (non-hydrogen) atoms. The Morgan fingerprint density at radius 2 is 1.97 bits per heavy atom. The molecule has 9 heteroatoms. The van der Waals surface area contributed by atoms with Gasteiger partial charge in [-0.1, -0.05) is 17.2 Å². The Morgan fingerprint density at radius 1 is 1.19 bits per heavy atom. The number of carboxylic acids is 1. The van der Waals surface area contributed by atoms with Crippen LogP contribution in [-0.2, 0) is 11.4 Å². The number of hydrogen-bond donors (Lipinski definition) is 2. The lowest BCUT2D eigenvalue weighted by Crippen LogP contribution is -2.14. The first-order chi connectivity index (χ1) is 15.0. The zero-order valence-electron chi connectivity index (χ0n) is 16.7. The highest BCUT2D eigenvalue weighted by atomic mass is 19.1. The van der Waals surface area contributed by atoms with Crippen molar-refractivity contribution in [1.29, 1.82) is 0 Å². The Hall–Kier alpha value is -3.72. The molecule has 0 fully saturated rings. The summed E-state index contributed by atoms with van der Waals surface area (Å²) in [5.74, 6) is -0.973. The van der Waals surface area contributed by atoms with Gasteiger partial charge >= 0.3 is 5.97 Å². The largest absolute Gasteiger partial charge is 0.487 e. The molecule has 2 N–H and O–H groups in total. The van der Waals surface area contributed by atoms with Crippen LogP contribution in [0.1, 0.15) is 35.0 Å². The maximum Gasteiger partial charge on any atom is 0.335 e. The standard InChI is InChI=1S/C22H21FN2O6/c1-2-7-30-24-20(13-29-18-9-14(12-26)8-16(10-18)22(27)28)21-11-19(25-31-21)15-3-5-17(23)6-4-15/h3-6,8-11,26H,2,7,12-13H2,1H3,(H,27,28). The molecule has 3 aromatic rings. The summed E-state index contributed by atoms with van der Waals surface area (Å²) >= 11 is 0. The maximum absolute atomic E-state index is 13.2. The van der Waals surface area contributed by atoms with Gasteiger partial charge in [0.1, 0.15) is 30.5 Å². The van der Waals surface area contributed by atoms with Crippen molar-refractivity contribution < 1.29 is 33.5 Å². The van der Waals surface area contributed by atoms with Crippen LogP contribution in [0.4, 0.5) is 4.39 Å². The lowest BCUT2D eigenvalue weighted by Gasteiger charge is -2.09. The van der Waals surface area contributed by atoms with E-state index >= 15 is 0 Å². The van der Waals surface area contributed by atoms with Crippen LogP contribution in [0.3, 0.4) is 0 Å². The average molecular weight is 428 g/mol. The zero-order chi connectivity index (χ0) is 22.2. The van der Waals surface area contributed by atoms with Gasteiger partial charge in [-0.15, -0.1) is 0 Å². The number of halogens is 1. The number of aliphatic hydroxyl groups is 1. The van der Waals surface area contributed by atoms with Gasteiger partial charge in [0.05, 0.1) is 12.2 Å². The number of aromatic nitrogens is 1. The van der Waals surface area contributed by atoms with Gasteiger partial charge in [-0.3, -0.25) is 0 Å². The SMILES string of the molecule is CCCON=C(COc1cc(CO)cc(C(=O)O)c1)c1cc(-c2ccc(F)cc2)no1. The minimum atomic E-state index is -1.14. The van der Waals surface area contributed by atoms with E-state index in [1.54, 1.807) is 18.2 Å². The van der Waals surface area contributed by atoms with Gasteiger partial charge in [0.15, 0.2) is 11.5 Å². The van der Waals surface area contributed by atoms with Gasteiger partial charge in [0.2, 0.25) is 0 Å². The number of aromatic carboxylic acids is 1. The second-order valence-electron chi connectivity index (χ2n) is 6.57. The van der Waals surface area contributed by atoms with Gasteiger partial charge < -0.3 is 24.3 Å². The third-order valence-electron chi connectivity index (χ3n) is 4.18. The van der Waals surface area contributed by atoms with Crippen molar-refractivity contribution in [1.82, 2.24) is 5.16 Å². The van der Waals surface area contributed by atoms with Crippen LogP contribution in [0.15, 0.2) is 58.2 Å². The summed E-state index contributed by atoms with van der Waals surface area (Å²) in [7, 11) is 0. The van der Waals surface area contributed by atoms with Crippen molar-refractivity contribution in [3.05, 3.63) is 71.2 Å². The molecule has 0 bridgehead atoms. The molecule has 0 aliphatic rings. The highest BCUT2D eigenvalue weighted by molar-refractivity contribution is 5.99. The number of benzene rings is 2. The molecule has 0 aliphatic carbocycles. The monoisotopic (exact) mass is 428 g/mol. The first kappa shape index (κ1) is 22.0. The molecule has 0 saturated carbocycles. The molecule has 2 aromatic carbocycles. The molecule has 0 atom stereocenters. The molecule has 8 nitrogen and oxygen atoms in total. The van der Waals surface area contributed by atoms with E-state index in [2.05, 4.69) is 10.3 Å². The Labute approximate surface area is 177 Å². The lowest BCUT2D eigenvalue weighted by molar-refractivity contribution is 0.0696. The normalized spacial score (nSPS) is 11.4. The Balaban J connectivity index is 1.82. The lowest BCUT2D eigenvalue weighted by atomic mass is 10.1. The zero-order valence-corrected chi connectivity index (χ0v) is 16.7. The summed E-state index contributed by atoms with van der Waals surface area (Å²) in [5.41, 5.74) is 1.82. The van der Waals surface area contributed by atoms with Crippen LogP contribution < -0.4 is 4.74 Å². The second kappa shape index (κ2) is 10.4. The molecule has 0 amide bonds. The van der Waals surface area contributed by atoms with Gasteiger partial charge in [-0.2, -0.15) is 0 Å². The molecule has 3 rings (SSSR count). The van der Waals surface area contributed by atoms with Gasteiger partial charge in [-0.25, -0.2) is 9.18 Å². The number of carbonyl (C=O) groups is 1. The number of nitrogens with zero attached hydrogens (tertiary/aromatic N) is 2. The van der Waals surface area contributed by atoms with Crippen molar-refractivity contribution >= 4 is 11.7 Å². The molecular formula is C22H21FN2O6. The summed E-state index contributed by atoms with van der Waals surface area (Å²) in [6, 6.07) is 11.6. The molecule has 0 spiro atoms. The van der Waals surface area contributed by atoms with Crippen molar-refractivity contribution in [2.45, 2.75) is 20.0 Å². The van der Waals surface area contributed by atoms with E-state index in [0.717, 1.165) is 6.42 Å². The average Bonchev–Trinajstić information content (AvgIpc) is 3.26. The number of ether oxygens (including phenoxy) is 1. The van der Waals surface area contributed by atoms with Crippen LogP contribution >= 0.6 is 0 Å². The van der Waals surface area contributed by atoms with E-state index in [9.17, 15) is 19.4 Å². The maximum atomic E-state index is 13.2. The predicted octanol–water partition coefficient (Wildman–Crippen LogP) is 3.88. The van der Waals surface area contributed by atoms with E-state index in [-0.39, 0.29) is 36.1 Å². The van der Waals surface area contributed by atoms with Crippen LogP contribution in [0.25, 0.3) is 11.3 Å². The van der Waals surface area contributed by atoms with Gasteiger partial charge in [-0.05, 0) is 54.4 Å². The molecule has 0 aliphatic heterocycles. The minimum Gasteiger partial charge on any atom is -0.487 e. The number of oxime groups is 1. The Kier molecular flexibility index (Phi) is 7.34.